The van der Waals surface area contributed by atoms with Gasteiger partial charge < -0.3 is 10.5 Å². The van der Waals surface area contributed by atoms with E-state index in [2.05, 4.69) is 0 Å². The highest BCUT2D eigenvalue weighted by Gasteiger charge is 2.36. The van der Waals surface area contributed by atoms with E-state index in [0.717, 1.165) is 25.0 Å². The second-order valence-electron chi connectivity index (χ2n) is 4.48. The first kappa shape index (κ1) is 9.47. The fourth-order valence-electron chi connectivity index (χ4n) is 2.55. The summed E-state index contributed by atoms with van der Waals surface area (Å²) in [6, 6.07) is 0. The molecule has 1 aliphatic heterocycles. The van der Waals surface area contributed by atoms with Gasteiger partial charge in [0.2, 0.25) is 0 Å². The molecule has 2 heteroatoms. The van der Waals surface area contributed by atoms with Crippen molar-refractivity contribution >= 4 is 0 Å². The summed E-state index contributed by atoms with van der Waals surface area (Å²) < 4.78 is 5.84. The molecule has 0 radical (unpaired) electrons. The Bertz CT molecular complexity index is 150. The topological polar surface area (TPSA) is 35.2 Å². The lowest BCUT2D eigenvalue weighted by Crippen LogP contribution is -2.30. The first-order chi connectivity index (χ1) is 6.42. The van der Waals surface area contributed by atoms with Crippen molar-refractivity contribution < 1.29 is 4.74 Å². The molecule has 0 aromatic rings. The van der Waals surface area contributed by atoms with Crippen LogP contribution in [0, 0.1) is 11.8 Å². The van der Waals surface area contributed by atoms with Gasteiger partial charge in [0, 0.05) is 6.61 Å². The first-order valence-electron chi connectivity index (χ1n) is 5.73. The molecule has 2 aliphatic rings. The maximum absolute atomic E-state index is 5.84. The smallest absolute Gasteiger partial charge is 0.0606 e. The van der Waals surface area contributed by atoms with Gasteiger partial charge in [-0.25, -0.2) is 0 Å². The predicted octanol–water partition coefficient (Wildman–Crippen LogP) is 1.93. The van der Waals surface area contributed by atoms with Gasteiger partial charge >= 0.3 is 0 Å². The molecule has 1 saturated carbocycles. The van der Waals surface area contributed by atoms with Crippen LogP contribution in [0.4, 0.5) is 0 Å². The highest BCUT2D eigenvalue weighted by atomic mass is 16.5. The quantitative estimate of drug-likeness (QED) is 0.723. The Morgan fingerprint density at radius 3 is 2.62 bits per heavy atom. The SMILES string of the molecule is NCCC(C1CC1)C1CCCCO1. The Hall–Kier alpha value is -0.0800. The lowest BCUT2D eigenvalue weighted by Gasteiger charge is -2.30. The third-order valence-corrected chi connectivity index (χ3v) is 3.42. The second kappa shape index (κ2) is 4.43. The zero-order chi connectivity index (χ0) is 9.10. The molecule has 2 nitrogen and oxygen atoms in total. The molecule has 0 spiro atoms. The van der Waals surface area contributed by atoms with Gasteiger partial charge in [-0.15, -0.1) is 0 Å². The summed E-state index contributed by atoms with van der Waals surface area (Å²) in [6.45, 7) is 1.82. The summed E-state index contributed by atoms with van der Waals surface area (Å²) >= 11 is 0. The molecular formula is C11H21NO. The molecule has 1 saturated heterocycles. The molecule has 0 aromatic carbocycles. The summed E-state index contributed by atoms with van der Waals surface area (Å²) in [5, 5.41) is 0. The zero-order valence-corrected chi connectivity index (χ0v) is 8.37. The van der Waals surface area contributed by atoms with E-state index in [1.165, 1.54) is 38.5 Å². The molecule has 76 valence electrons. The minimum Gasteiger partial charge on any atom is -0.378 e. The van der Waals surface area contributed by atoms with E-state index in [1.54, 1.807) is 0 Å². The van der Waals surface area contributed by atoms with Gasteiger partial charge in [0.25, 0.3) is 0 Å². The van der Waals surface area contributed by atoms with E-state index in [-0.39, 0.29) is 0 Å². The minimum atomic E-state index is 0.546. The summed E-state index contributed by atoms with van der Waals surface area (Å²) in [4.78, 5) is 0. The zero-order valence-electron chi connectivity index (χ0n) is 8.37. The molecule has 2 fully saturated rings. The molecule has 2 N–H and O–H groups in total. The van der Waals surface area contributed by atoms with E-state index in [4.69, 9.17) is 10.5 Å². The Morgan fingerprint density at radius 1 is 1.23 bits per heavy atom. The molecule has 1 heterocycles. The molecular weight excluding hydrogens is 162 g/mol. The maximum atomic E-state index is 5.84. The molecule has 0 amide bonds. The van der Waals surface area contributed by atoms with Gasteiger partial charge in [-0.2, -0.15) is 0 Å². The van der Waals surface area contributed by atoms with Crippen LogP contribution in [0.2, 0.25) is 0 Å². The highest BCUT2D eigenvalue weighted by molar-refractivity contribution is 4.87. The van der Waals surface area contributed by atoms with Gasteiger partial charge in [0.1, 0.15) is 0 Å². The van der Waals surface area contributed by atoms with Gasteiger partial charge in [-0.05, 0) is 56.9 Å². The van der Waals surface area contributed by atoms with E-state index in [0.29, 0.717) is 6.10 Å². The Balaban J connectivity index is 1.84. The van der Waals surface area contributed by atoms with Crippen molar-refractivity contribution in [3.63, 3.8) is 0 Å². The van der Waals surface area contributed by atoms with E-state index < -0.39 is 0 Å². The van der Waals surface area contributed by atoms with E-state index in [9.17, 15) is 0 Å². The Kier molecular flexibility index (Phi) is 3.23. The van der Waals surface area contributed by atoms with Gasteiger partial charge in [0.05, 0.1) is 6.10 Å². The molecule has 2 unspecified atom stereocenters. The third-order valence-electron chi connectivity index (χ3n) is 3.42. The molecule has 13 heavy (non-hydrogen) atoms. The van der Waals surface area contributed by atoms with Crippen molar-refractivity contribution in [1.82, 2.24) is 0 Å². The highest BCUT2D eigenvalue weighted by Crippen LogP contribution is 2.42. The number of nitrogens with two attached hydrogens (primary N) is 1. The average Bonchev–Trinajstić information content (AvgIpc) is 2.99. The number of hydrogen-bond acceptors (Lipinski definition) is 2. The Morgan fingerprint density at radius 2 is 2.08 bits per heavy atom. The fourth-order valence-corrected chi connectivity index (χ4v) is 2.55. The van der Waals surface area contributed by atoms with Crippen LogP contribution in [0.1, 0.15) is 38.5 Å². The van der Waals surface area contributed by atoms with Crippen LogP contribution in [-0.4, -0.2) is 19.3 Å². The first-order valence-corrected chi connectivity index (χ1v) is 5.73. The Labute approximate surface area is 80.8 Å². The van der Waals surface area contributed by atoms with Gasteiger partial charge in [-0.1, -0.05) is 0 Å². The lowest BCUT2D eigenvalue weighted by atomic mass is 9.89. The number of ether oxygens (including phenoxy) is 1. The maximum Gasteiger partial charge on any atom is 0.0606 e. The summed E-state index contributed by atoms with van der Waals surface area (Å²) in [7, 11) is 0. The van der Waals surface area contributed by atoms with Crippen molar-refractivity contribution in [2.24, 2.45) is 17.6 Å². The standard InChI is InChI=1S/C11H21NO/c12-7-6-10(9-4-5-9)11-3-1-2-8-13-11/h9-11H,1-8,12H2. The van der Waals surface area contributed by atoms with Crippen LogP contribution in [0.15, 0.2) is 0 Å². The van der Waals surface area contributed by atoms with Crippen LogP contribution < -0.4 is 5.73 Å². The average molecular weight is 183 g/mol. The minimum absolute atomic E-state index is 0.546. The van der Waals surface area contributed by atoms with Crippen molar-refractivity contribution in [3.8, 4) is 0 Å². The molecule has 0 aromatic heterocycles. The molecule has 1 aliphatic carbocycles. The van der Waals surface area contributed by atoms with Crippen LogP contribution >= 0.6 is 0 Å². The fraction of sp³-hybridized carbons (Fsp3) is 1.00. The third kappa shape index (κ3) is 2.44. The number of hydrogen-bond donors (Lipinski definition) is 1. The van der Waals surface area contributed by atoms with Crippen molar-refractivity contribution in [2.75, 3.05) is 13.2 Å². The van der Waals surface area contributed by atoms with Gasteiger partial charge in [0.15, 0.2) is 0 Å². The largest absolute Gasteiger partial charge is 0.378 e. The van der Waals surface area contributed by atoms with Crippen molar-refractivity contribution in [2.45, 2.75) is 44.6 Å². The van der Waals surface area contributed by atoms with Crippen molar-refractivity contribution in [1.29, 1.82) is 0 Å². The molecule has 2 atom stereocenters. The summed E-state index contributed by atoms with van der Waals surface area (Å²) in [5.74, 6) is 1.73. The number of rotatable bonds is 4. The predicted molar refractivity (Wildman–Crippen MR) is 53.5 cm³/mol. The monoisotopic (exact) mass is 183 g/mol. The lowest BCUT2D eigenvalue weighted by molar-refractivity contribution is -0.0286. The van der Waals surface area contributed by atoms with Crippen molar-refractivity contribution in [3.05, 3.63) is 0 Å². The van der Waals surface area contributed by atoms with Gasteiger partial charge in [-0.3, -0.25) is 0 Å². The van der Waals surface area contributed by atoms with Crippen LogP contribution in [0.3, 0.4) is 0 Å². The summed E-state index contributed by atoms with van der Waals surface area (Å²) in [6.07, 6.45) is 8.46. The second-order valence-corrected chi connectivity index (χ2v) is 4.48. The summed E-state index contributed by atoms with van der Waals surface area (Å²) in [5.41, 5.74) is 5.65. The van der Waals surface area contributed by atoms with E-state index in [1.807, 2.05) is 0 Å². The van der Waals surface area contributed by atoms with Crippen LogP contribution in [-0.2, 0) is 4.74 Å². The molecule has 2 rings (SSSR count). The normalized spacial score (nSPS) is 31.6. The molecule has 0 bridgehead atoms. The van der Waals surface area contributed by atoms with E-state index >= 15 is 0 Å². The van der Waals surface area contributed by atoms with Crippen LogP contribution in [0.5, 0.6) is 0 Å². The van der Waals surface area contributed by atoms with Crippen LogP contribution in [0.25, 0.3) is 0 Å².